The summed E-state index contributed by atoms with van der Waals surface area (Å²) in [6, 6.07) is 5.22. The van der Waals surface area contributed by atoms with Crippen molar-refractivity contribution in [3.63, 3.8) is 0 Å². The van der Waals surface area contributed by atoms with E-state index in [-0.39, 0.29) is 28.5 Å². The molecule has 1 heterocycles. The highest BCUT2D eigenvalue weighted by Gasteiger charge is 2.18. The maximum Gasteiger partial charge on any atom is 0.339 e. The van der Waals surface area contributed by atoms with Gasteiger partial charge in [0, 0.05) is 6.20 Å². The van der Waals surface area contributed by atoms with E-state index >= 15 is 0 Å². The molecule has 8 nitrogen and oxygen atoms in total. The Hall–Kier alpha value is -3.16. The minimum atomic E-state index is -1.18. The van der Waals surface area contributed by atoms with Gasteiger partial charge in [0.1, 0.15) is 11.3 Å². The van der Waals surface area contributed by atoms with Crippen molar-refractivity contribution in [1.29, 1.82) is 0 Å². The molecule has 21 heavy (non-hydrogen) atoms. The van der Waals surface area contributed by atoms with Crippen LogP contribution in [0.2, 0.25) is 0 Å². The number of benzene rings is 1. The number of aromatic nitrogens is 1. The number of nitro groups is 1. The zero-order valence-electron chi connectivity index (χ0n) is 10.8. The molecule has 2 rings (SSSR count). The van der Waals surface area contributed by atoms with Gasteiger partial charge in [0.25, 0.3) is 0 Å². The third kappa shape index (κ3) is 3.06. The van der Waals surface area contributed by atoms with E-state index in [1.165, 1.54) is 37.7 Å². The van der Waals surface area contributed by atoms with E-state index < -0.39 is 10.9 Å². The highest BCUT2D eigenvalue weighted by atomic mass is 16.6. The topological polar surface area (TPSA) is 112 Å². The average molecular weight is 290 g/mol. The fraction of sp³-hybridized carbons (Fsp3) is 0.0769. The molecule has 2 aromatic rings. The number of carbonyl (C=O) groups is 1. The maximum absolute atomic E-state index is 11.1. The second kappa shape index (κ2) is 5.87. The first-order chi connectivity index (χ1) is 10.0. The molecule has 1 N–H and O–H groups in total. The number of rotatable bonds is 5. The van der Waals surface area contributed by atoms with E-state index in [1.54, 1.807) is 0 Å². The van der Waals surface area contributed by atoms with E-state index in [1.807, 2.05) is 0 Å². The summed E-state index contributed by atoms with van der Waals surface area (Å²) in [6.07, 6.45) is 2.53. The molecule has 0 aliphatic heterocycles. The van der Waals surface area contributed by atoms with Gasteiger partial charge in [-0.25, -0.2) is 4.79 Å². The predicted octanol–water partition coefficient (Wildman–Crippen LogP) is 2.49. The molecule has 0 aliphatic carbocycles. The van der Waals surface area contributed by atoms with E-state index in [0.717, 1.165) is 6.07 Å². The van der Waals surface area contributed by atoms with Crippen LogP contribution in [-0.2, 0) is 0 Å². The van der Waals surface area contributed by atoms with Gasteiger partial charge in [-0.05, 0) is 18.2 Å². The Morgan fingerprint density at radius 1 is 1.33 bits per heavy atom. The summed E-state index contributed by atoms with van der Waals surface area (Å²) < 4.78 is 10.2. The first-order valence-corrected chi connectivity index (χ1v) is 5.70. The fourth-order valence-electron chi connectivity index (χ4n) is 1.64. The Labute approximate surface area is 118 Å². The van der Waals surface area contributed by atoms with E-state index in [4.69, 9.17) is 14.6 Å². The normalized spacial score (nSPS) is 9.95. The van der Waals surface area contributed by atoms with Crippen LogP contribution in [0.15, 0.2) is 36.7 Å². The second-order valence-electron chi connectivity index (χ2n) is 3.87. The fourth-order valence-corrected chi connectivity index (χ4v) is 1.64. The van der Waals surface area contributed by atoms with Crippen LogP contribution in [0.5, 0.6) is 17.2 Å². The molecule has 1 aromatic carbocycles. The Morgan fingerprint density at radius 3 is 2.71 bits per heavy atom. The number of methoxy groups -OCH3 is 1. The van der Waals surface area contributed by atoms with Crippen LogP contribution < -0.4 is 9.47 Å². The number of aromatic carboxylic acids is 1. The minimum absolute atomic E-state index is 0.00975. The van der Waals surface area contributed by atoms with Gasteiger partial charge in [-0.15, -0.1) is 0 Å². The standard InChI is InChI=1S/C13H10N2O6/c1-20-11-3-2-8(6-10(11)15(18)19)21-12-7-14-5-4-9(12)13(16)17/h2-7H,1H3,(H,16,17). The number of nitrogens with zero attached hydrogens (tertiary/aromatic N) is 2. The SMILES string of the molecule is COc1ccc(Oc2cnccc2C(=O)O)cc1[N+](=O)[O-]. The monoisotopic (exact) mass is 290 g/mol. The summed E-state index contributed by atoms with van der Waals surface area (Å²) in [5.74, 6) is -1.00. The van der Waals surface area contributed by atoms with Crippen LogP contribution in [0.3, 0.4) is 0 Å². The van der Waals surface area contributed by atoms with Crippen LogP contribution in [-0.4, -0.2) is 28.1 Å². The quantitative estimate of drug-likeness (QED) is 0.664. The largest absolute Gasteiger partial charge is 0.490 e. The van der Waals surface area contributed by atoms with Gasteiger partial charge in [-0.2, -0.15) is 0 Å². The van der Waals surface area contributed by atoms with Crippen molar-refractivity contribution in [2.75, 3.05) is 7.11 Å². The molecule has 0 unspecified atom stereocenters. The van der Waals surface area contributed by atoms with Gasteiger partial charge < -0.3 is 14.6 Å². The number of hydrogen-bond acceptors (Lipinski definition) is 6. The highest BCUT2D eigenvalue weighted by Crippen LogP contribution is 2.33. The van der Waals surface area contributed by atoms with Crippen molar-refractivity contribution in [2.45, 2.75) is 0 Å². The van der Waals surface area contributed by atoms with E-state index in [0.29, 0.717) is 0 Å². The zero-order chi connectivity index (χ0) is 15.4. The lowest BCUT2D eigenvalue weighted by molar-refractivity contribution is -0.385. The third-order valence-corrected chi connectivity index (χ3v) is 2.59. The lowest BCUT2D eigenvalue weighted by atomic mass is 10.2. The number of carboxylic acids is 1. The molecule has 0 radical (unpaired) electrons. The molecule has 8 heteroatoms. The van der Waals surface area contributed by atoms with Crippen molar-refractivity contribution >= 4 is 11.7 Å². The number of hydrogen-bond donors (Lipinski definition) is 1. The minimum Gasteiger partial charge on any atom is -0.490 e. The Kier molecular flexibility index (Phi) is 3.98. The van der Waals surface area contributed by atoms with Crippen LogP contribution in [0.25, 0.3) is 0 Å². The molecule has 0 saturated heterocycles. The van der Waals surface area contributed by atoms with Crippen LogP contribution >= 0.6 is 0 Å². The molecule has 1 aromatic heterocycles. The summed E-state index contributed by atoms with van der Waals surface area (Å²) >= 11 is 0. The van der Waals surface area contributed by atoms with Crippen molar-refractivity contribution < 1.29 is 24.3 Å². The zero-order valence-corrected chi connectivity index (χ0v) is 10.8. The molecule has 0 aliphatic rings. The molecule has 0 spiro atoms. The number of carboxylic acid groups (broad SMARTS) is 1. The summed E-state index contributed by atoms with van der Waals surface area (Å²) in [4.78, 5) is 25.1. The lowest BCUT2D eigenvalue weighted by Gasteiger charge is -2.09. The molecular formula is C13H10N2O6. The third-order valence-electron chi connectivity index (χ3n) is 2.59. The van der Waals surface area contributed by atoms with Crippen LogP contribution in [0, 0.1) is 10.1 Å². The van der Waals surface area contributed by atoms with Crippen molar-refractivity contribution in [1.82, 2.24) is 4.98 Å². The highest BCUT2D eigenvalue weighted by molar-refractivity contribution is 5.90. The van der Waals surface area contributed by atoms with Crippen molar-refractivity contribution in [3.05, 3.63) is 52.3 Å². The Balaban J connectivity index is 2.39. The first kappa shape index (κ1) is 14.3. The number of pyridine rings is 1. The summed E-state index contributed by atoms with van der Waals surface area (Å²) in [5.41, 5.74) is -0.376. The smallest absolute Gasteiger partial charge is 0.339 e. The van der Waals surface area contributed by atoms with Gasteiger partial charge in [0.15, 0.2) is 11.5 Å². The van der Waals surface area contributed by atoms with E-state index in [2.05, 4.69) is 4.98 Å². The summed E-state index contributed by atoms with van der Waals surface area (Å²) in [6.45, 7) is 0. The summed E-state index contributed by atoms with van der Waals surface area (Å²) in [5, 5.41) is 20.0. The maximum atomic E-state index is 11.1. The van der Waals surface area contributed by atoms with Crippen molar-refractivity contribution in [3.8, 4) is 17.2 Å². The van der Waals surface area contributed by atoms with Gasteiger partial charge in [0.2, 0.25) is 0 Å². The Morgan fingerprint density at radius 2 is 2.10 bits per heavy atom. The van der Waals surface area contributed by atoms with E-state index in [9.17, 15) is 14.9 Å². The second-order valence-corrected chi connectivity index (χ2v) is 3.87. The Bertz CT molecular complexity index is 701. The van der Waals surface area contributed by atoms with Gasteiger partial charge in [0.05, 0.1) is 24.3 Å². The molecule has 0 fully saturated rings. The van der Waals surface area contributed by atoms with Gasteiger partial charge in [-0.3, -0.25) is 15.1 Å². The average Bonchev–Trinajstić information content (AvgIpc) is 2.47. The molecular weight excluding hydrogens is 280 g/mol. The lowest BCUT2D eigenvalue weighted by Crippen LogP contribution is -2.01. The number of nitro benzene ring substituents is 1. The van der Waals surface area contributed by atoms with Crippen LogP contribution in [0.4, 0.5) is 5.69 Å². The van der Waals surface area contributed by atoms with Crippen molar-refractivity contribution in [2.24, 2.45) is 0 Å². The van der Waals surface area contributed by atoms with Gasteiger partial charge in [-0.1, -0.05) is 0 Å². The van der Waals surface area contributed by atoms with Crippen LogP contribution in [0.1, 0.15) is 10.4 Å². The molecule has 0 bridgehead atoms. The number of ether oxygens (including phenoxy) is 2. The van der Waals surface area contributed by atoms with Gasteiger partial charge >= 0.3 is 11.7 Å². The molecule has 0 atom stereocenters. The summed E-state index contributed by atoms with van der Waals surface area (Å²) in [7, 11) is 1.31. The molecule has 0 saturated carbocycles. The predicted molar refractivity (Wildman–Crippen MR) is 70.9 cm³/mol. The first-order valence-electron chi connectivity index (χ1n) is 5.70. The molecule has 0 amide bonds. The molecule has 108 valence electrons.